The predicted molar refractivity (Wildman–Crippen MR) is 49.9 cm³/mol. The molecule has 30 valence electrons. The van der Waals surface area contributed by atoms with Gasteiger partial charge in [-0.3, -0.25) is 0 Å². The molecule has 0 spiro atoms. The van der Waals surface area contributed by atoms with Crippen LogP contribution in [-0.2, 0) is 0 Å². The average molecular weight is 312 g/mol. The molecule has 0 atom stereocenters. The van der Waals surface area contributed by atoms with Gasteiger partial charge in [-0.1, -0.05) is 5.87 Å². The maximum Gasteiger partial charge on any atom is 0.342 e. The smallest absolute Gasteiger partial charge is 0.223 e. The number of hydrogen-bond acceptors (Lipinski definition) is 0. The summed E-state index contributed by atoms with van der Waals surface area (Å²) >= 11 is 5.86. The van der Waals surface area contributed by atoms with Crippen LogP contribution in [0.5, 0.6) is 0 Å². The lowest BCUT2D eigenvalue weighted by Gasteiger charge is -1.73. The molecule has 0 saturated heterocycles. The van der Waals surface area contributed by atoms with Gasteiger partial charge in [-0.2, -0.15) is 0 Å². The Hall–Kier alpha value is 1.74. The van der Waals surface area contributed by atoms with Gasteiger partial charge >= 0.3 is 1.70 Å². The minimum Gasteiger partial charge on any atom is -0.223 e. The standard InChI is InChI=1S/CH3BI2S/c1-5-2(3)4/h5H,1H2. The molecule has 0 radical (unpaired) electrons. The van der Waals surface area contributed by atoms with E-state index in [2.05, 4.69) is 50.6 Å². The summed E-state index contributed by atoms with van der Waals surface area (Å²) in [6.07, 6.45) is 0. The minimum atomic E-state index is 0.685. The summed E-state index contributed by atoms with van der Waals surface area (Å²) in [5.74, 6) is 3.64. The van der Waals surface area contributed by atoms with Crippen molar-refractivity contribution in [2.75, 3.05) is 0 Å². The maximum absolute atomic E-state index is 3.64. The average Bonchev–Trinajstić information content (AvgIpc) is 1.38. The second-order valence-corrected chi connectivity index (χ2v) is 8.19. The van der Waals surface area contributed by atoms with Crippen LogP contribution < -0.4 is 0 Å². The van der Waals surface area contributed by atoms with Gasteiger partial charge in [0.05, 0.1) is 0 Å². The Morgan fingerprint density at radius 1 is 1.60 bits per heavy atom. The number of thiol groups is 1. The van der Waals surface area contributed by atoms with E-state index in [1.807, 2.05) is 0 Å². The summed E-state index contributed by atoms with van der Waals surface area (Å²) < 4.78 is 0.685. The van der Waals surface area contributed by atoms with Crippen LogP contribution in [0.25, 0.3) is 0 Å². The highest BCUT2D eigenvalue weighted by atomic mass is 127. The molecule has 0 fully saturated rings. The van der Waals surface area contributed by atoms with Crippen molar-refractivity contribution < 1.29 is 0 Å². The minimum absolute atomic E-state index is 0.685. The van der Waals surface area contributed by atoms with Crippen LogP contribution in [0, 0.1) is 0 Å². The van der Waals surface area contributed by atoms with E-state index in [1.165, 1.54) is 11.2 Å². The molecule has 0 aliphatic carbocycles. The first kappa shape index (κ1) is 6.74. The Morgan fingerprint density at radius 3 is 1.80 bits per heavy atom. The Balaban J connectivity index is 2.83. The lowest BCUT2D eigenvalue weighted by Crippen LogP contribution is -1.67. The Labute approximate surface area is 62.8 Å². The zero-order valence-electron chi connectivity index (χ0n) is 2.49. The fourth-order valence-electron chi connectivity index (χ4n) is 0. The highest BCUT2D eigenvalue weighted by molar-refractivity contribution is 14.3. The largest absolute Gasteiger partial charge is 0.342 e. The van der Waals surface area contributed by atoms with E-state index >= 15 is 0 Å². The summed E-state index contributed by atoms with van der Waals surface area (Å²) in [6, 6.07) is 0. The Kier molecular flexibility index (Phi) is 5.29. The van der Waals surface area contributed by atoms with Crippen molar-refractivity contribution >= 4 is 63.5 Å². The van der Waals surface area contributed by atoms with Crippen LogP contribution in [0.1, 0.15) is 0 Å². The van der Waals surface area contributed by atoms with Crippen LogP contribution in [0.2, 0.25) is 0 Å². The monoisotopic (exact) mass is 312 g/mol. The van der Waals surface area contributed by atoms with Gasteiger partial charge in [0.2, 0.25) is 0 Å². The van der Waals surface area contributed by atoms with Crippen LogP contribution in [-0.4, -0.2) is 7.57 Å². The van der Waals surface area contributed by atoms with Gasteiger partial charge in [-0.25, -0.2) is 11.2 Å². The lowest BCUT2D eigenvalue weighted by molar-refractivity contribution is 4.71. The SMILES string of the molecule is C=[SH]B(I)I. The first-order valence-corrected chi connectivity index (χ1v) is 4.65. The maximum atomic E-state index is 3.64. The first-order chi connectivity index (χ1) is 2.27. The second kappa shape index (κ2) is 3.92. The first-order valence-electron chi connectivity index (χ1n) is 1.01. The summed E-state index contributed by atoms with van der Waals surface area (Å²) in [4.78, 5) is 0. The van der Waals surface area contributed by atoms with E-state index in [0.717, 1.165) is 0 Å². The van der Waals surface area contributed by atoms with Crippen LogP contribution in [0.3, 0.4) is 0 Å². The van der Waals surface area contributed by atoms with E-state index in [9.17, 15) is 0 Å². The second-order valence-electron chi connectivity index (χ2n) is 0.460. The summed E-state index contributed by atoms with van der Waals surface area (Å²) in [6.45, 7) is 0. The molecule has 5 heavy (non-hydrogen) atoms. The van der Waals surface area contributed by atoms with Crippen molar-refractivity contribution in [2.45, 2.75) is 0 Å². The number of halogens is 2. The molecule has 0 aliphatic heterocycles. The molecule has 0 saturated carbocycles. The van der Waals surface area contributed by atoms with Crippen LogP contribution in [0.15, 0.2) is 0 Å². The molecule has 0 N–H and O–H groups in total. The van der Waals surface area contributed by atoms with E-state index in [4.69, 9.17) is 0 Å². The van der Waals surface area contributed by atoms with E-state index < -0.39 is 0 Å². The van der Waals surface area contributed by atoms with Gasteiger partial charge < -0.3 is 0 Å². The molecule has 0 aromatic rings. The molecule has 0 unspecified atom stereocenters. The van der Waals surface area contributed by atoms with Gasteiger partial charge in [0.15, 0.2) is 0 Å². The highest BCUT2D eigenvalue weighted by Crippen LogP contribution is 2.09. The van der Waals surface area contributed by atoms with Crippen molar-refractivity contribution in [3.8, 4) is 0 Å². The molecular weight excluding hydrogens is 309 g/mol. The molecule has 0 rings (SSSR count). The van der Waals surface area contributed by atoms with Crippen molar-refractivity contribution in [3.63, 3.8) is 0 Å². The van der Waals surface area contributed by atoms with Gasteiger partial charge in [0.25, 0.3) is 0 Å². The van der Waals surface area contributed by atoms with Crippen molar-refractivity contribution in [1.29, 1.82) is 0 Å². The van der Waals surface area contributed by atoms with Gasteiger partial charge in [0, 0.05) is 0 Å². The quantitative estimate of drug-likeness (QED) is 0.324. The van der Waals surface area contributed by atoms with Crippen LogP contribution in [0.4, 0.5) is 0 Å². The number of hydrogen-bond donors (Lipinski definition) is 1. The molecule has 0 aliphatic rings. The highest BCUT2D eigenvalue weighted by Gasteiger charge is 1.88. The third kappa shape index (κ3) is 5.74. The molecule has 4 heteroatoms. The zero-order chi connectivity index (χ0) is 4.28. The molecule has 0 aromatic carbocycles. The van der Waals surface area contributed by atoms with Crippen molar-refractivity contribution in [2.24, 2.45) is 0 Å². The predicted octanol–water partition coefficient (Wildman–Crippen LogP) is 1.74. The van der Waals surface area contributed by atoms with E-state index in [0.29, 0.717) is 1.70 Å². The molecule has 0 aromatic heterocycles. The third-order valence-corrected chi connectivity index (χ3v) is 2.78. The fourth-order valence-corrected chi connectivity index (χ4v) is 0. The molecular formula is CH3BI2S. The van der Waals surface area contributed by atoms with Crippen molar-refractivity contribution in [1.82, 2.24) is 0 Å². The topological polar surface area (TPSA) is 0 Å². The van der Waals surface area contributed by atoms with E-state index in [-0.39, 0.29) is 0 Å². The Morgan fingerprint density at radius 2 is 1.80 bits per heavy atom. The van der Waals surface area contributed by atoms with Gasteiger partial charge in [-0.05, 0) is 0 Å². The van der Waals surface area contributed by atoms with Gasteiger partial charge in [0.1, 0.15) is 0 Å². The summed E-state index contributed by atoms with van der Waals surface area (Å²) in [5, 5.41) is 0. The molecule has 0 bridgehead atoms. The molecule has 0 heterocycles. The summed E-state index contributed by atoms with van der Waals surface area (Å²) in [5.41, 5.74) is 0. The van der Waals surface area contributed by atoms with Crippen molar-refractivity contribution in [3.05, 3.63) is 0 Å². The van der Waals surface area contributed by atoms with Crippen LogP contribution >= 0.6 is 56.0 Å². The Bertz CT molecular complexity index is 36.6. The normalized spacial score (nSPS) is 7.60. The van der Waals surface area contributed by atoms with Gasteiger partial charge in [-0.15, -0.1) is 44.7 Å². The lowest BCUT2D eigenvalue weighted by atomic mass is 10.7. The fraction of sp³-hybridized carbons (Fsp3) is 0. The summed E-state index contributed by atoms with van der Waals surface area (Å²) in [7, 11) is 0. The molecule has 0 amide bonds. The molecule has 0 nitrogen and oxygen atoms in total. The van der Waals surface area contributed by atoms with E-state index in [1.54, 1.807) is 0 Å². The third-order valence-electron chi connectivity index (χ3n) is 0.138. The zero-order valence-corrected chi connectivity index (χ0v) is 7.70. The number of rotatable bonds is 1.